The Balaban J connectivity index is 0.000000346. The van der Waals surface area contributed by atoms with Crippen molar-refractivity contribution in [3.63, 3.8) is 0 Å². The lowest BCUT2D eigenvalue weighted by atomic mass is 10.1. The number of hydrogen-bond acceptors (Lipinski definition) is 4. The Bertz CT molecular complexity index is 768. The average molecular weight is 363 g/mol. The van der Waals surface area contributed by atoms with Crippen LogP contribution >= 0.6 is 34.8 Å². The molecule has 0 saturated heterocycles. The molecule has 0 bridgehead atoms. The first-order valence-corrected chi connectivity index (χ1v) is 6.97. The van der Waals surface area contributed by atoms with E-state index in [2.05, 4.69) is 23.2 Å². The van der Waals surface area contributed by atoms with E-state index in [1.807, 2.05) is 36.7 Å². The summed E-state index contributed by atoms with van der Waals surface area (Å²) in [7, 11) is 1.83. The number of aromatic nitrogens is 1. The molecule has 0 fully saturated rings. The number of nitrogens with zero attached hydrogens (tertiary/aromatic N) is 1. The fourth-order valence-corrected chi connectivity index (χ4v) is 1.88. The molecule has 2 aromatic rings. The predicted molar refractivity (Wildman–Crippen MR) is 84.6 cm³/mol. The number of Topliss-reactive ketones (excluding diaryl/α,β-unsaturated/α-hetero) is 1. The van der Waals surface area contributed by atoms with Crippen LogP contribution in [0.3, 0.4) is 0 Å². The molecule has 0 aliphatic heterocycles. The Morgan fingerprint density at radius 3 is 1.95 bits per heavy atom. The number of carbonyl (C=O) groups is 4. The molecule has 0 aliphatic rings. The average Bonchev–Trinajstić information content (AvgIpc) is 2.75. The molecule has 22 heavy (non-hydrogen) atoms. The molecule has 116 valence electrons. The van der Waals surface area contributed by atoms with E-state index in [0.717, 1.165) is 16.5 Å². The highest BCUT2D eigenvalue weighted by Gasteiger charge is 2.18. The number of halogens is 3. The van der Waals surface area contributed by atoms with Gasteiger partial charge < -0.3 is 4.57 Å². The van der Waals surface area contributed by atoms with E-state index < -0.39 is 21.5 Å². The molecule has 1 aromatic heterocycles. The molecule has 1 heterocycles. The van der Waals surface area contributed by atoms with Crippen LogP contribution in [0, 0.1) is 6.92 Å². The van der Waals surface area contributed by atoms with Gasteiger partial charge in [0.2, 0.25) is 5.78 Å². The molecule has 0 spiro atoms. The van der Waals surface area contributed by atoms with Gasteiger partial charge in [0.15, 0.2) is 0 Å². The van der Waals surface area contributed by atoms with E-state index >= 15 is 0 Å². The van der Waals surface area contributed by atoms with Gasteiger partial charge in [0.25, 0.3) is 5.24 Å². The molecule has 0 unspecified atom stereocenters. The molecule has 0 N–H and O–H groups in total. The van der Waals surface area contributed by atoms with Crippen LogP contribution in [0.1, 0.15) is 15.9 Å². The summed E-state index contributed by atoms with van der Waals surface area (Å²) in [5.74, 6) is -0.656. The number of rotatable bonds is 3. The van der Waals surface area contributed by atoms with Crippen LogP contribution in [0.25, 0.3) is 10.9 Å². The maximum Gasteiger partial charge on any atom is 0.304 e. The van der Waals surface area contributed by atoms with Gasteiger partial charge in [0.1, 0.15) is 0 Å². The number of benzene rings is 1. The third kappa shape index (κ3) is 4.40. The first-order valence-electron chi connectivity index (χ1n) is 5.84. The van der Waals surface area contributed by atoms with E-state index in [4.69, 9.17) is 11.6 Å². The van der Waals surface area contributed by atoms with Gasteiger partial charge in [-0.25, -0.2) is 0 Å². The van der Waals surface area contributed by atoms with Gasteiger partial charge in [-0.1, -0.05) is 12.1 Å². The highest BCUT2D eigenvalue weighted by atomic mass is 35.5. The van der Waals surface area contributed by atoms with E-state index in [1.54, 1.807) is 6.20 Å². The Labute approximate surface area is 140 Å². The fraction of sp³-hybridized carbons (Fsp3) is 0.143. The van der Waals surface area contributed by atoms with Gasteiger partial charge in [0.05, 0.1) is 5.56 Å². The van der Waals surface area contributed by atoms with Crippen LogP contribution in [0.4, 0.5) is 0 Å². The third-order valence-corrected chi connectivity index (χ3v) is 3.34. The summed E-state index contributed by atoms with van der Waals surface area (Å²) in [6.07, 6.45) is 1.63. The normalized spacial score (nSPS) is 9.86. The van der Waals surface area contributed by atoms with Crippen LogP contribution in [-0.2, 0) is 21.4 Å². The second-order valence-corrected chi connectivity index (χ2v) is 5.35. The molecule has 2 rings (SSSR count). The zero-order valence-electron chi connectivity index (χ0n) is 11.5. The van der Waals surface area contributed by atoms with Gasteiger partial charge in [-0.05, 0) is 53.4 Å². The number of fused-ring (bicyclic) bond motifs is 1. The van der Waals surface area contributed by atoms with Crippen molar-refractivity contribution in [2.24, 2.45) is 7.05 Å². The molecule has 0 amide bonds. The minimum absolute atomic E-state index is 0.359. The van der Waals surface area contributed by atoms with Crippen LogP contribution in [-0.4, -0.2) is 26.1 Å². The lowest BCUT2D eigenvalue weighted by Gasteiger charge is -1.97. The van der Waals surface area contributed by atoms with Crippen molar-refractivity contribution in [2.75, 3.05) is 0 Å². The van der Waals surface area contributed by atoms with Crippen molar-refractivity contribution >= 4 is 67.2 Å². The predicted octanol–water partition coefficient (Wildman–Crippen LogP) is 2.95. The summed E-state index contributed by atoms with van der Waals surface area (Å²) in [5, 5.41) is -2.48. The first-order chi connectivity index (χ1) is 10.1. The Morgan fingerprint density at radius 1 is 0.955 bits per heavy atom. The molecule has 1 aromatic carbocycles. The number of hydrogen-bond donors (Lipinski definition) is 0. The second-order valence-electron chi connectivity index (χ2n) is 4.32. The zero-order chi connectivity index (χ0) is 17.0. The van der Waals surface area contributed by atoms with Crippen molar-refractivity contribution < 1.29 is 19.2 Å². The van der Waals surface area contributed by atoms with Gasteiger partial charge in [-0.2, -0.15) is 0 Å². The largest absolute Gasteiger partial charge is 0.350 e. The monoisotopic (exact) mass is 361 g/mol. The van der Waals surface area contributed by atoms with Crippen molar-refractivity contribution in [1.29, 1.82) is 0 Å². The summed E-state index contributed by atoms with van der Waals surface area (Å²) in [5.41, 5.74) is 2.38. The van der Waals surface area contributed by atoms with Crippen LogP contribution in [0.2, 0.25) is 0 Å². The van der Waals surface area contributed by atoms with Crippen LogP contribution in [0.15, 0.2) is 24.4 Å². The lowest BCUT2D eigenvalue weighted by molar-refractivity contribution is -0.127. The highest BCUT2D eigenvalue weighted by Crippen LogP contribution is 2.22. The first kappa shape index (κ1) is 18.4. The quantitative estimate of drug-likeness (QED) is 0.478. The minimum atomic E-state index is -1.14. The smallest absolute Gasteiger partial charge is 0.304 e. The lowest BCUT2D eigenvalue weighted by Crippen LogP contribution is -2.06. The number of ketones is 1. The van der Waals surface area contributed by atoms with Crippen molar-refractivity contribution in [1.82, 2.24) is 4.57 Å². The van der Waals surface area contributed by atoms with E-state index in [1.165, 1.54) is 0 Å². The Hall–Kier alpha value is -1.69. The maximum atomic E-state index is 11.6. The SMILES string of the molecule is Cc1ccc2c(C(=O)C(=O)Cl)cn(C)c2c1.O=C(Cl)C(=O)Cl. The summed E-state index contributed by atoms with van der Waals surface area (Å²) in [6.45, 7) is 1.97. The summed E-state index contributed by atoms with van der Waals surface area (Å²) in [4.78, 5) is 41.3. The van der Waals surface area contributed by atoms with Gasteiger partial charge >= 0.3 is 10.5 Å². The minimum Gasteiger partial charge on any atom is -0.350 e. The molecule has 0 radical (unpaired) electrons. The zero-order valence-corrected chi connectivity index (χ0v) is 13.8. The summed E-state index contributed by atoms with van der Waals surface area (Å²) >= 11 is 14.2. The molecule has 5 nitrogen and oxygen atoms in total. The summed E-state index contributed by atoms with van der Waals surface area (Å²) in [6, 6.07) is 5.69. The number of carbonyl (C=O) groups excluding carboxylic acids is 4. The van der Waals surface area contributed by atoms with Crippen molar-refractivity contribution in [2.45, 2.75) is 6.92 Å². The van der Waals surface area contributed by atoms with Gasteiger partial charge in [-0.3, -0.25) is 19.2 Å². The van der Waals surface area contributed by atoms with Gasteiger partial charge in [-0.15, -0.1) is 0 Å². The highest BCUT2D eigenvalue weighted by molar-refractivity contribution is 6.97. The van der Waals surface area contributed by atoms with Crippen molar-refractivity contribution in [3.05, 3.63) is 35.5 Å². The fourth-order valence-electron chi connectivity index (χ4n) is 1.78. The number of aryl methyl sites for hydroxylation is 2. The molecule has 0 aliphatic carbocycles. The standard InChI is InChI=1S/C12H10ClNO2.C2Cl2O2/c1-7-3-4-8-9(11(15)12(13)16)6-14(2)10(8)5-7;3-1(5)2(4)6/h3-6H,1-2H3;. The molecule has 0 atom stereocenters. The topological polar surface area (TPSA) is 73.2 Å². The molecule has 8 heteroatoms. The molecular formula is C14H10Cl3NO4. The van der Waals surface area contributed by atoms with E-state index in [9.17, 15) is 19.2 Å². The Morgan fingerprint density at radius 2 is 1.50 bits per heavy atom. The Kier molecular flexibility index (Phi) is 6.29. The second kappa shape index (κ2) is 7.54. The van der Waals surface area contributed by atoms with Crippen molar-refractivity contribution in [3.8, 4) is 0 Å². The van der Waals surface area contributed by atoms with Crippen LogP contribution in [0.5, 0.6) is 0 Å². The van der Waals surface area contributed by atoms with E-state index in [0.29, 0.717) is 5.56 Å². The van der Waals surface area contributed by atoms with E-state index in [-0.39, 0.29) is 0 Å². The maximum absolute atomic E-state index is 11.6. The summed E-state index contributed by atoms with van der Waals surface area (Å²) < 4.78 is 1.81. The molecular weight excluding hydrogens is 353 g/mol. The van der Waals surface area contributed by atoms with Gasteiger partial charge in [0, 0.05) is 24.1 Å². The van der Waals surface area contributed by atoms with Crippen LogP contribution < -0.4 is 0 Å². The third-order valence-electron chi connectivity index (χ3n) is 2.72. The molecule has 0 saturated carbocycles.